The van der Waals surface area contributed by atoms with Crippen LogP contribution in [0.1, 0.15) is 40.2 Å². The van der Waals surface area contributed by atoms with E-state index in [-0.39, 0.29) is 12.0 Å². The number of anilines is 1. The molecule has 0 spiro atoms. The van der Waals surface area contributed by atoms with Crippen LogP contribution in [0.3, 0.4) is 0 Å². The van der Waals surface area contributed by atoms with E-state index in [1.165, 1.54) is 5.56 Å². The first-order chi connectivity index (χ1) is 13.6. The highest BCUT2D eigenvalue weighted by atomic mass is 16.5. The molecule has 1 aliphatic rings. The predicted octanol–water partition coefficient (Wildman–Crippen LogP) is 3.78. The first-order valence-corrected chi connectivity index (χ1v) is 9.76. The maximum absolute atomic E-state index is 12.8. The van der Waals surface area contributed by atoms with Crippen LogP contribution in [-0.2, 0) is 17.8 Å². The Morgan fingerprint density at radius 1 is 1.29 bits per heavy atom. The monoisotopic (exact) mass is 378 g/mol. The molecule has 6 nitrogen and oxygen atoms in total. The molecule has 0 saturated carbocycles. The standard InChI is InChI=1S/C22H26N4O2/c1-16-11-21(17(2)26(16)13-18-7-4-3-5-8-18)22(27)24-19-12-23-25(14-19)15-20-9-6-10-28-20/h3-5,7-8,11-12,14,20H,6,9-10,13,15H2,1-2H3,(H,24,27). The van der Waals surface area contributed by atoms with Gasteiger partial charge in [-0.15, -0.1) is 0 Å². The third-order valence-electron chi connectivity index (χ3n) is 5.31. The SMILES string of the molecule is Cc1cc(C(=O)Nc2cnn(CC3CCCO3)c2)c(C)n1Cc1ccccc1. The van der Waals surface area contributed by atoms with Gasteiger partial charge in [0.05, 0.1) is 30.1 Å². The summed E-state index contributed by atoms with van der Waals surface area (Å²) in [6, 6.07) is 12.2. The number of aryl methyl sites for hydroxylation is 1. The van der Waals surface area contributed by atoms with E-state index in [1.807, 2.05) is 49.0 Å². The summed E-state index contributed by atoms with van der Waals surface area (Å²) >= 11 is 0. The van der Waals surface area contributed by atoms with Gasteiger partial charge in [-0.1, -0.05) is 30.3 Å². The number of hydrogen-bond donors (Lipinski definition) is 1. The first kappa shape index (κ1) is 18.5. The van der Waals surface area contributed by atoms with Gasteiger partial charge in [-0.05, 0) is 38.3 Å². The molecule has 0 radical (unpaired) electrons. The van der Waals surface area contributed by atoms with Crippen LogP contribution < -0.4 is 5.32 Å². The maximum Gasteiger partial charge on any atom is 0.257 e. The summed E-state index contributed by atoms with van der Waals surface area (Å²) in [4.78, 5) is 12.8. The second-order valence-electron chi connectivity index (χ2n) is 7.40. The molecule has 28 heavy (non-hydrogen) atoms. The van der Waals surface area contributed by atoms with Gasteiger partial charge in [0.15, 0.2) is 0 Å². The van der Waals surface area contributed by atoms with Crippen molar-refractivity contribution in [2.75, 3.05) is 11.9 Å². The Kier molecular flexibility index (Phi) is 5.30. The third kappa shape index (κ3) is 4.02. The van der Waals surface area contributed by atoms with Gasteiger partial charge in [0.1, 0.15) is 0 Å². The van der Waals surface area contributed by atoms with Crippen LogP contribution in [0.5, 0.6) is 0 Å². The van der Waals surface area contributed by atoms with Crippen LogP contribution in [0.25, 0.3) is 0 Å². The fourth-order valence-electron chi connectivity index (χ4n) is 3.76. The van der Waals surface area contributed by atoms with Crippen molar-refractivity contribution >= 4 is 11.6 Å². The number of rotatable bonds is 6. The lowest BCUT2D eigenvalue weighted by molar-refractivity contribution is 0.0940. The van der Waals surface area contributed by atoms with Gasteiger partial charge in [0.2, 0.25) is 0 Å². The van der Waals surface area contributed by atoms with Gasteiger partial charge in [-0.2, -0.15) is 5.10 Å². The number of nitrogens with zero attached hydrogens (tertiary/aromatic N) is 3. The lowest BCUT2D eigenvalue weighted by atomic mass is 10.2. The molecule has 1 unspecified atom stereocenters. The molecule has 146 valence electrons. The van der Waals surface area contributed by atoms with Crippen LogP contribution in [0, 0.1) is 13.8 Å². The number of hydrogen-bond acceptors (Lipinski definition) is 3. The summed E-state index contributed by atoms with van der Waals surface area (Å²) in [5, 5.41) is 7.32. The molecule has 1 aromatic carbocycles. The molecule has 2 aromatic heterocycles. The molecule has 4 rings (SSSR count). The van der Waals surface area contributed by atoms with Crippen molar-refractivity contribution in [1.29, 1.82) is 0 Å². The van der Waals surface area contributed by atoms with Crippen molar-refractivity contribution in [2.24, 2.45) is 0 Å². The highest BCUT2D eigenvalue weighted by Gasteiger charge is 2.18. The molecule has 1 saturated heterocycles. The van der Waals surface area contributed by atoms with Crippen molar-refractivity contribution < 1.29 is 9.53 Å². The molecule has 6 heteroatoms. The minimum atomic E-state index is -0.107. The van der Waals surface area contributed by atoms with Crippen LogP contribution in [0.15, 0.2) is 48.8 Å². The van der Waals surface area contributed by atoms with Crippen molar-refractivity contribution in [3.63, 3.8) is 0 Å². The average molecular weight is 378 g/mol. The molecule has 1 aliphatic heterocycles. The number of benzene rings is 1. The van der Waals surface area contributed by atoms with Gasteiger partial charge in [0, 0.05) is 30.7 Å². The van der Waals surface area contributed by atoms with E-state index in [4.69, 9.17) is 4.74 Å². The van der Waals surface area contributed by atoms with Crippen molar-refractivity contribution in [1.82, 2.24) is 14.3 Å². The van der Waals surface area contributed by atoms with Crippen LogP contribution in [0.4, 0.5) is 5.69 Å². The zero-order chi connectivity index (χ0) is 19.5. The van der Waals surface area contributed by atoms with E-state index in [2.05, 4.69) is 27.1 Å². The highest BCUT2D eigenvalue weighted by Crippen LogP contribution is 2.19. The van der Waals surface area contributed by atoms with Gasteiger partial charge in [-0.3, -0.25) is 9.48 Å². The molecule has 1 amide bonds. The molecule has 3 aromatic rings. The Balaban J connectivity index is 1.45. The van der Waals surface area contributed by atoms with E-state index in [0.29, 0.717) is 11.3 Å². The minimum absolute atomic E-state index is 0.107. The zero-order valence-corrected chi connectivity index (χ0v) is 16.4. The van der Waals surface area contributed by atoms with Gasteiger partial charge < -0.3 is 14.6 Å². The van der Waals surface area contributed by atoms with Crippen LogP contribution in [0.2, 0.25) is 0 Å². The molecule has 1 N–H and O–H groups in total. The molecule has 3 heterocycles. The second kappa shape index (κ2) is 8.02. The summed E-state index contributed by atoms with van der Waals surface area (Å²) in [6.45, 7) is 6.33. The third-order valence-corrected chi connectivity index (χ3v) is 5.31. The largest absolute Gasteiger partial charge is 0.376 e. The number of carbonyl (C=O) groups excluding carboxylic acids is 1. The van der Waals surface area contributed by atoms with Gasteiger partial charge in [-0.25, -0.2) is 0 Å². The molecule has 0 aliphatic carbocycles. The number of nitrogens with one attached hydrogen (secondary N) is 1. The zero-order valence-electron chi connectivity index (χ0n) is 16.4. The Bertz CT molecular complexity index is 952. The fraction of sp³-hybridized carbons (Fsp3) is 0.364. The molecule has 1 atom stereocenters. The van der Waals surface area contributed by atoms with E-state index in [1.54, 1.807) is 6.20 Å². The Hall–Kier alpha value is -2.86. The smallest absolute Gasteiger partial charge is 0.257 e. The summed E-state index contributed by atoms with van der Waals surface area (Å²) < 4.78 is 9.66. The average Bonchev–Trinajstić information content (AvgIpc) is 3.41. The van der Waals surface area contributed by atoms with Gasteiger partial charge >= 0.3 is 0 Å². The summed E-state index contributed by atoms with van der Waals surface area (Å²) in [5.41, 5.74) is 4.65. The second-order valence-corrected chi connectivity index (χ2v) is 7.40. The summed E-state index contributed by atoms with van der Waals surface area (Å²) in [7, 11) is 0. The van der Waals surface area contributed by atoms with Crippen molar-refractivity contribution in [2.45, 2.75) is 45.9 Å². The maximum atomic E-state index is 12.8. The minimum Gasteiger partial charge on any atom is -0.376 e. The molecular weight excluding hydrogens is 352 g/mol. The van der Waals surface area contributed by atoms with Gasteiger partial charge in [0.25, 0.3) is 5.91 Å². The van der Waals surface area contributed by atoms with E-state index < -0.39 is 0 Å². The number of ether oxygens (including phenoxy) is 1. The highest BCUT2D eigenvalue weighted by molar-refractivity contribution is 6.05. The van der Waals surface area contributed by atoms with Crippen molar-refractivity contribution in [3.8, 4) is 0 Å². The predicted molar refractivity (Wildman–Crippen MR) is 109 cm³/mol. The Morgan fingerprint density at radius 3 is 2.86 bits per heavy atom. The van der Waals surface area contributed by atoms with E-state index in [0.717, 1.165) is 43.9 Å². The molecule has 1 fully saturated rings. The number of aromatic nitrogens is 3. The van der Waals surface area contributed by atoms with Crippen LogP contribution in [-0.4, -0.2) is 33.0 Å². The van der Waals surface area contributed by atoms with E-state index in [9.17, 15) is 4.79 Å². The molecular formula is C22H26N4O2. The topological polar surface area (TPSA) is 61.1 Å². The lowest BCUT2D eigenvalue weighted by Crippen LogP contribution is -2.15. The summed E-state index contributed by atoms with van der Waals surface area (Å²) in [6.07, 6.45) is 5.95. The Labute approximate surface area is 165 Å². The number of amides is 1. The number of carbonyl (C=O) groups is 1. The first-order valence-electron chi connectivity index (χ1n) is 9.76. The van der Waals surface area contributed by atoms with Crippen LogP contribution >= 0.6 is 0 Å². The lowest BCUT2D eigenvalue weighted by Gasteiger charge is -2.10. The van der Waals surface area contributed by atoms with E-state index >= 15 is 0 Å². The summed E-state index contributed by atoms with van der Waals surface area (Å²) in [5.74, 6) is -0.107. The Morgan fingerprint density at radius 2 is 2.11 bits per heavy atom. The molecule has 0 bridgehead atoms. The van der Waals surface area contributed by atoms with Crippen molar-refractivity contribution in [3.05, 3.63) is 71.3 Å². The fourth-order valence-corrected chi connectivity index (χ4v) is 3.76. The quantitative estimate of drug-likeness (QED) is 0.710. The normalized spacial score (nSPS) is 16.4.